The molecule has 6 nitrogen and oxygen atoms in total. The van der Waals surface area contributed by atoms with Crippen molar-refractivity contribution in [3.8, 4) is 11.6 Å². The molecular weight excluding hydrogens is 332 g/mol. The monoisotopic (exact) mass is 350 g/mol. The third-order valence-corrected chi connectivity index (χ3v) is 4.69. The Bertz CT molecular complexity index is 1040. The average Bonchev–Trinajstić information content (AvgIpc) is 2.67. The number of para-hydroxylation sites is 1. The molecule has 2 N–H and O–H groups in total. The Morgan fingerprint density at radius 1 is 1.00 bits per heavy atom. The lowest BCUT2D eigenvalue weighted by molar-refractivity contribution is 0.156. The van der Waals surface area contributed by atoms with Crippen LogP contribution in [-0.2, 0) is 0 Å². The lowest BCUT2D eigenvalue weighted by atomic mass is 9.83. The van der Waals surface area contributed by atoms with Crippen molar-refractivity contribution in [2.45, 2.75) is 18.4 Å². The Morgan fingerprint density at radius 3 is 2.50 bits per heavy atom. The first kappa shape index (κ1) is 16.2. The summed E-state index contributed by atoms with van der Waals surface area (Å²) < 4.78 is 11.5. The summed E-state index contributed by atoms with van der Waals surface area (Å²) in [5, 5.41) is 0. The van der Waals surface area contributed by atoms with Crippen molar-refractivity contribution < 1.29 is 9.47 Å². The fourth-order valence-corrected chi connectivity index (χ4v) is 3.52. The molecule has 4 rings (SSSR count). The second-order valence-electron chi connectivity index (χ2n) is 6.20. The standard InChI is InChI=1S/C20H18N2O4/c1-25-15-10-6-5-9-13(15)14-11-16(12-7-3-2-4-8-12)26-19-17(14)18(23)21-20(24)22-19/h2-10,14,16H,11H2,1H3,(H2,21,22,23,24). The van der Waals surface area contributed by atoms with Gasteiger partial charge in [0, 0.05) is 17.9 Å². The number of benzene rings is 2. The second-order valence-corrected chi connectivity index (χ2v) is 6.20. The molecule has 6 heteroatoms. The maximum absolute atomic E-state index is 12.5. The topological polar surface area (TPSA) is 84.2 Å². The Morgan fingerprint density at radius 2 is 1.73 bits per heavy atom. The summed E-state index contributed by atoms with van der Waals surface area (Å²) in [6, 6.07) is 17.3. The van der Waals surface area contributed by atoms with Gasteiger partial charge < -0.3 is 9.47 Å². The van der Waals surface area contributed by atoms with Gasteiger partial charge in [-0.2, -0.15) is 0 Å². The number of hydrogen-bond donors (Lipinski definition) is 2. The largest absolute Gasteiger partial charge is 0.496 e. The van der Waals surface area contributed by atoms with Crippen LogP contribution in [-0.4, -0.2) is 17.1 Å². The molecule has 0 aliphatic carbocycles. The zero-order chi connectivity index (χ0) is 18.1. The van der Waals surface area contributed by atoms with Gasteiger partial charge in [-0.1, -0.05) is 48.5 Å². The number of ether oxygens (including phenoxy) is 2. The molecule has 0 fully saturated rings. The normalized spacial score (nSPS) is 18.7. The van der Waals surface area contributed by atoms with Gasteiger partial charge in [0.1, 0.15) is 11.9 Å². The first-order valence-corrected chi connectivity index (χ1v) is 8.38. The smallest absolute Gasteiger partial charge is 0.328 e. The summed E-state index contributed by atoms with van der Waals surface area (Å²) >= 11 is 0. The molecule has 132 valence electrons. The van der Waals surface area contributed by atoms with Gasteiger partial charge >= 0.3 is 5.69 Å². The molecule has 2 aromatic carbocycles. The fourth-order valence-electron chi connectivity index (χ4n) is 3.52. The van der Waals surface area contributed by atoms with Crippen molar-refractivity contribution in [2.75, 3.05) is 7.11 Å². The van der Waals surface area contributed by atoms with Crippen LogP contribution in [0.4, 0.5) is 0 Å². The minimum Gasteiger partial charge on any atom is -0.496 e. The molecule has 2 unspecified atom stereocenters. The Labute approximate surface area is 149 Å². The second kappa shape index (κ2) is 6.55. The minimum absolute atomic E-state index is 0.217. The van der Waals surface area contributed by atoms with Crippen LogP contribution in [0.15, 0.2) is 64.2 Å². The van der Waals surface area contributed by atoms with E-state index in [4.69, 9.17) is 9.47 Å². The predicted molar refractivity (Wildman–Crippen MR) is 96.9 cm³/mol. The summed E-state index contributed by atoms with van der Waals surface area (Å²) in [4.78, 5) is 29.2. The van der Waals surface area contributed by atoms with E-state index >= 15 is 0 Å². The highest BCUT2D eigenvalue weighted by Gasteiger charge is 2.35. The van der Waals surface area contributed by atoms with Gasteiger partial charge in [0.15, 0.2) is 0 Å². The van der Waals surface area contributed by atoms with E-state index in [0.29, 0.717) is 17.7 Å². The van der Waals surface area contributed by atoms with Gasteiger partial charge in [-0.15, -0.1) is 0 Å². The Balaban J connectivity index is 1.90. The molecule has 1 aromatic heterocycles. The van der Waals surface area contributed by atoms with E-state index in [-0.39, 0.29) is 17.9 Å². The minimum atomic E-state index is -0.582. The van der Waals surface area contributed by atoms with E-state index in [2.05, 4.69) is 9.97 Å². The third kappa shape index (κ3) is 2.79. The van der Waals surface area contributed by atoms with Crippen molar-refractivity contribution in [1.82, 2.24) is 9.97 Å². The molecule has 0 spiro atoms. The number of hydrogen-bond acceptors (Lipinski definition) is 4. The third-order valence-electron chi connectivity index (χ3n) is 4.69. The lowest BCUT2D eigenvalue weighted by Crippen LogP contribution is -2.33. The van der Waals surface area contributed by atoms with Gasteiger partial charge in [-0.3, -0.25) is 14.8 Å². The number of aromatic amines is 2. The molecule has 0 bridgehead atoms. The van der Waals surface area contributed by atoms with Crippen LogP contribution < -0.4 is 20.7 Å². The van der Waals surface area contributed by atoms with Crippen molar-refractivity contribution in [2.24, 2.45) is 0 Å². The van der Waals surface area contributed by atoms with Crippen LogP contribution in [0.5, 0.6) is 11.6 Å². The highest BCUT2D eigenvalue weighted by atomic mass is 16.5. The average molecular weight is 350 g/mol. The maximum atomic E-state index is 12.5. The summed E-state index contributed by atoms with van der Waals surface area (Å²) in [7, 11) is 1.60. The SMILES string of the molecule is COc1ccccc1C1CC(c2ccccc2)Oc2[nH]c(=O)[nH]c(=O)c21. The lowest BCUT2D eigenvalue weighted by Gasteiger charge is -2.32. The van der Waals surface area contributed by atoms with Gasteiger partial charge in [0.2, 0.25) is 5.88 Å². The van der Waals surface area contributed by atoms with Crippen LogP contribution in [0.3, 0.4) is 0 Å². The van der Waals surface area contributed by atoms with Gasteiger partial charge in [-0.25, -0.2) is 4.79 Å². The fraction of sp³-hybridized carbons (Fsp3) is 0.200. The van der Waals surface area contributed by atoms with Crippen LogP contribution in [0.1, 0.15) is 35.1 Å². The van der Waals surface area contributed by atoms with Gasteiger partial charge in [0.25, 0.3) is 5.56 Å². The van der Waals surface area contributed by atoms with E-state index in [9.17, 15) is 9.59 Å². The number of methoxy groups -OCH3 is 1. The van der Waals surface area contributed by atoms with Gasteiger partial charge in [-0.05, 0) is 11.6 Å². The molecule has 0 radical (unpaired) electrons. The molecule has 26 heavy (non-hydrogen) atoms. The summed E-state index contributed by atoms with van der Waals surface area (Å²) in [5.74, 6) is 0.651. The van der Waals surface area contributed by atoms with Crippen molar-refractivity contribution in [1.29, 1.82) is 0 Å². The highest BCUT2D eigenvalue weighted by Crippen LogP contribution is 2.44. The predicted octanol–water partition coefficient (Wildman–Crippen LogP) is 2.73. The quantitative estimate of drug-likeness (QED) is 0.761. The van der Waals surface area contributed by atoms with E-state index in [1.54, 1.807) is 7.11 Å². The number of rotatable bonds is 3. The van der Waals surface area contributed by atoms with Crippen molar-refractivity contribution in [3.63, 3.8) is 0 Å². The molecule has 0 saturated carbocycles. The van der Waals surface area contributed by atoms with E-state index in [0.717, 1.165) is 11.1 Å². The molecule has 1 aliphatic heterocycles. The Kier molecular flexibility index (Phi) is 4.08. The van der Waals surface area contributed by atoms with E-state index < -0.39 is 11.2 Å². The molecule has 2 heterocycles. The zero-order valence-corrected chi connectivity index (χ0v) is 14.2. The number of aromatic nitrogens is 2. The van der Waals surface area contributed by atoms with Crippen molar-refractivity contribution >= 4 is 0 Å². The first-order chi connectivity index (χ1) is 12.7. The molecular formula is C20H18N2O4. The van der Waals surface area contributed by atoms with Crippen LogP contribution in [0.2, 0.25) is 0 Å². The van der Waals surface area contributed by atoms with Crippen LogP contribution >= 0.6 is 0 Å². The molecule has 3 aromatic rings. The van der Waals surface area contributed by atoms with E-state index in [1.807, 2.05) is 54.6 Å². The number of H-pyrrole nitrogens is 2. The molecule has 2 atom stereocenters. The van der Waals surface area contributed by atoms with Crippen LogP contribution in [0, 0.1) is 0 Å². The summed E-state index contributed by atoms with van der Waals surface area (Å²) in [5.41, 5.74) is 1.27. The number of nitrogens with one attached hydrogen (secondary N) is 2. The van der Waals surface area contributed by atoms with Gasteiger partial charge in [0.05, 0.1) is 12.7 Å². The molecule has 0 amide bonds. The zero-order valence-electron chi connectivity index (χ0n) is 14.2. The molecule has 1 aliphatic rings. The Hall–Kier alpha value is -3.28. The number of fused-ring (bicyclic) bond motifs is 1. The summed E-state index contributed by atoms with van der Waals surface area (Å²) in [6.45, 7) is 0. The first-order valence-electron chi connectivity index (χ1n) is 8.38. The molecule has 0 saturated heterocycles. The highest BCUT2D eigenvalue weighted by molar-refractivity contribution is 5.46. The van der Waals surface area contributed by atoms with Crippen molar-refractivity contribution in [3.05, 3.63) is 92.1 Å². The summed E-state index contributed by atoms with van der Waals surface area (Å²) in [6.07, 6.45) is 0.281. The van der Waals surface area contributed by atoms with Crippen LogP contribution in [0.25, 0.3) is 0 Å². The van der Waals surface area contributed by atoms with E-state index in [1.165, 1.54) is 0 Å². The maximum Gasteiger partial charge on any atom is 0.328 e.